The van der Waals surface area contributed by atoms with Crippen LogP contribution in [-0.2, 0) is 6.61 Å². The number of rotatable bonds is 2. The normalized spacial score (nSPS) is 8.75. The molecular weight excluding hydrogens is 169 g/mol. The molecule has 0 spiro atoms. The molecule has 0 aromatic heterocycles. The van der Waals surface area contributed by atoms with Gasteiger partial charge in [-0.15, -0.1) is 6.61 Å². The van der Waals surface area contributed by atoms with Crippen LogP contribution in [0.25, 0.3) is 0 Å². The van der Waals surface area contributed by atoms with Crippen molar-refractivity contribution in [3.05, 3.63) is 39.9 Å². The SMILES string of the molecule is O=[N+]([O-])c1ccc(C[O-])cc1.[Na+]. The predicted octanol–water partition coefficient (Wildman–Crippen LogP) is -2.54. The standard InChI is InChI=1S/C7H6NO3.Na/c9-5-6-1-3-7(4-2-6)8(10)11;/h1-4H,5H2;/q-1;+1. The van der Waals surface area contributed by atoms with Gasteiger partial charge in [-0.05, 0) is 0 Å². The van der Waals surface area contributed by atoms with Crippen LogP contribution in [0, 0.1) is 10.1 Å². The largest absolute Gasteiger partial charge is 1.00 e. The third-order valence-electron chi connectivity index (χ3n) is 1.31. The summed E-state index contributed by atoms with van der Waals surface area (Å²) < 4.78 is 0. The summed E-state index contributed by atoms with van der Waals surface area (Å²) in [6, 6.07) is 5.58. The van der Waals surface area contributed by atoms with Crippen LogP contribution in [0.4, 0.5) is 5.69 Å². The fourth-order valence-corrected chi connectivity index (χ4v) is 0.714. The Morgan fingerprint density at radius 1 is 1.25 bits per heavy atom. The number of hydrogen-bond donors (Lipinski definition) is 0. The summed E-state index contributed by atoms with van der Waals surface area (Å²) in [5.74, 6) is 0. The zero-order valence-corrected chi connectivity index (χ0v) is 8.69. The van der Waals surface area contributed by atoms with E-state index < -0.39 is 4.92 Å². The van der Waals surface area contributed by atoms with Gasteiger partial charge >= 0.3 is 29.6 Å². The minimum Gasteiger partial charge on any atom is -0.851 e. The Kier molecular flexibility index (Phi) is 5.08. The van der Waals surface area contributed by atoms with Gasteiger partial charge in [-0.1, -0.05) is 17.7 Å². The first-order valence-corrected chi connectivity index (χ1v) is 3.05. The Morgan fingerprint density at radius 3 is 2.08 bits per heavy atom. The van der Waals surface area contributed by atoms with E-state index in [1.54, 1.807) is 0 Å². The molecule has 0 atom stereocenters. The van der Waals surface area contributed by atoms with Crippen LogP contribution in [0.1, 0.15) is 5.56 Å². The molecule has 0 aliphatic rings. The molecule has 0 aliphatic carbocycles. The Morgan fingerprint density at radius 2 is 1.75 bits per heavy atom. The topological polar surface area (TPSA) is 66.2 Å². The van der Waals surface area contributed by atoms with Crippen molar-refractivity contribution in [3.63, 3.8) is 0 Å². The maximum Gasteiger partial charge on any atom is 1.00 e. The molecule has 1 rings (SSSR count). The molecule has 0 saturated heterocycles. The van der Waals surface area contributed by atoms with E-state index in [2.05, 4.69) is 0 Å². The van der Waals surface area contributed by atoms with E-state index in [9.17, 15) is 15.2 Å². The first-order valence-electron chi connectivity index (χ1n) is 3.05. The van der Waals surface area contributed by atoms with Gasteiger partial charge in [0.25, 0.3) is 5.69 Å². The van der Waals surface area contributed by atoms with Crippen molar-refractivity contribution in [2.45, 2.75) is 6.61 Å². The summed E-state index contributed by atoms with van der Waals surface area (Å²) in [7, 11) is 0. The molecule has 0 heterocycles. The van der Waals surface area contributed by atoms with Crippen LogP contribution in [0.5, 0.6) is 0 Å². The molecule has 0 saturated carbocycles. The molecule has 4 nitrogen and oxygen atoms in total. The van der Waals surface area contributed by atoms with Crippen LogP contribution in [0.2, 0.25) is 0 Å². The van der Waals surface area contributed by atoms with Crippen molar-refractivity contribution in [1.82, 2.24) is 0 Å². The molecule has 58 valence electrons. The molecule has 0 unspecified atom stereocenters. The number of non-ortho nitro benzene ring substituents is 1. The molecule has 0 aliphatic heterocycles. The Bertz CT molecular complexity index is 260. The van der Waals surface area contributed by atoms with Crippen LogP contribution >= 0.6 is 0 Å². The molecule has 5 heteroatoms. The molecule has 0 amide bonds. The van der Waals surface area contributed by atoms with Crippen molar-refractivity contribution in [2.24, 2.45) is 0 Å². The minimum absolute atomic E-state index is 0. The summed E-state index contributed by atoms with van der Waals surface area (Å²) in [4.78, 5) is 9.64. The van der Waals surface area contributed by atoms with Gasteiger partial charge in [0.05, 0.1) is 4.92 Å². The van der Waals surface area contributed by atoms with Gasteiger partial charge in [0.1, 0.15) is 0 Å². The van der Waals surface area contributed by atoms with Gasteiger partial charge in [-0.3, -0.25) is 10.1 Å². The van der Waals surface area contributed by atoms with E-state index in [-0.39, 0.29) is 41.9 Å². The van der Waals surface area contributed by atoms with E-state index in [1.165, 1.54) is 24.3 Å². The monoisotopic (exact) mass is 175 g/mol. The summed E-state index contributed by atoms with van der Waals surface area (Å²) in [6.07, 6.45) is 0. The first-order chi connectivity index (χ1) is 5.24. The molecule has 0 N–H and O–H groups in total. The second kappa shape index (κ2) is 5.27. The smallest absolute Gasteiger partial charge is 0.851 e. The van der Waals surface area contributed by atoms with Gasteiger partial charge in [-0.25, -0.2) is 0 Å². The average Bonchev–Trinajstić information content (AvgIpc) is 2.05. The van der Waals surface area contributed by atoms with Crippen LogP contribution < -0.4 is 34.7 Å². The van der Waals surface area contributed by atoms with E-state index in [1.807, 2.05) is 0 Å². The van der Waals surface area contributed by atoms with Gasteiger partial charge in [0.15, 0.2) is 0 Å². The molecule has 0 bridgehead atoms. The van der Waals surface area contributed by atoms with Crippen LogP contribution in [0.15, 0.2) is 24.3 Å². The van der Waals surface area contributed by atoms with Crippen molar-refractivity contribution >= 4 is 5.69 Å². The van der Waals surface area contributed by atoms with E-state index in [0.29, 0.717) is 5.56 Å². The van der Waals surface area contributed by atoms with E-state index >= 15 is 0 Å². The molecule has 12 heavy (non-hydrogen) atoms. The predicted molar refractivity (Wildman–Crippen MR) is 36.8 cm³/mol. The zero-order valence-electron chi connectivity index (χ0n) is 6.69. The number of hydrogen-bond acceptors (Lipinski definition) is 3. The third kappa shape index (κ3) is 2.91. The maximum absolute atomic E-state index is 10.2. The summed E-state index contributed by atoms with van der Waals surface area (Å²) in [5.41, 5.74) is 0.581. The summed E-state index contributed by atoms with van der Waals surface area (Å²) in [6.45, 7) is -0.335. The number of benzene rings is 1. The third-order valence-corrected chi connectivity index (χ3v) is 1.31. The van der Waals surface area contributed by atoms with Crippen LogP contribution in [0.3, 0.4) is 0 Å². The maximum atomic E-state index is 10.2. The van der Waals surface area contributed by atoms with E-state index in [4.69, 9.17) is 0 Å². The number of nitro benzene ring substituents is 1. The first kappa shape index (κ1) is 11.6. The second-order valence-electron chi connectivity index (χ2n) is 2.07. The number of nitro groups is 1. The van der Waals surface area contributed by atoms with E-state index in [0.717, 1.165) is 0 Å². The number of nitrogens with zero attached hydrogens (tertiary/aromatic N) is 1. The van der Waals surface area contributed by atoms with Crippen molar-refractivity contribution in [2.75, 3.05) is 0 Å². The molecule has 0 fully saturated rings. The Balaban J connectivity index is 0.00000121. The van der Waals surface area contributed by atoms with Gasteiger partial charge in [-0.2, -0.15) is 0 Å². The van der Waals surface area contributed by atoms with Crippen molar-refractivity contribution in [1.29, 1.82) is 0 Å². The molecule has 1 aromatic carbocycles. The molecule has 0 radical (unpaired) electrons. The summed E-state index contributed by atoms with van der Waals surface area (Å²) in [5, 5.41) is 20.4. The molecular formula is C7H6NNaO3. The van der Waals surface area contributed by atoms with Gasteiger partial charge < -0.3 is 5.11 Å². The van der Waals surface area contributed by atoms with Gasteiger partial charge in [0.2, 0.25) is 0 Å². The van der Waals surface area contributed by atoms with Crippen LogP contribution in [-0.4, -0.2) is 4.92 Å². The second-order valence-corrected chi connectivity index (χ2v) is 2.07. The minimum atomic E-state index is -0.491. The quantitative estimate of drug-likeness (QED) is 0.282. The average molecular weight is 175 g/mol. The fourth-order valence-electron chi connectivity index (χ4n) is 0.714. The zero-order chi connectivity index (χ0) is 8.27. The summed E-state index contributed by atoms with van der Waals surface area (Å²) >= 11 is 0. The Hall–Kier alpha value is -0.420. The Labute approximate surface area is 91.7 Å². The van der Waals surface area contributed by atoms with Crippen molar-refractivity contribution in [3.8, 4) is 0 Å². The van der Waals surface area contributed by atoms with Gasteiger partial charge in [0, 0.05) is 12.1 Å². The fraction of sp³-hybridized carbons (Fsp3) is 0.143. The molecule has 1 aromatic rings. The van der Waals surface area contributed by atoms with Crippen molar-refractivity contribution < 1.29 is 39.6 Å².